The van der Waals surface area contributed by atoms with E-state index in [2.05, 4.69) is 33.0 Å². The van der Waals surface area contributed by atoms with Crippen molar-refractivity contribution < 1.29 is 4.21 Å². The minimum atomic E-state index is -0.897. The van der Waals surface area contributed by atoms with Gasteiger partial charge in [-0.25, -0.2) is 0 Å². The van der Waals surface area contributed by atoms with Gasteiger partial charge in [0.1, 0.15) is 0 Å². The minimum absolute atomic E-state index is 0.304. The van der Waals surface area contributed by atoms with Gasteiger partial charge in [0, 0.05) is 44.2 Å². The van der Waals surface area contributed by atoms with Crippen molar-refractivity contribution in [2.45, 2.75) is 43.4 Å². The number of anilines is 1. The monoisotopic (exact) mass is 285 g/mol. The topological polar surface area (TPSA) is 29.1 Å². The molecule has 1 aromatic rings. The van der Waals surface area contributed by atoms with Crippen LogP contribution in [0.2, 0.25) is 0 Å². The third kappa shape index (κ3) is 5.91. The Morgan fingerprint density at radius 1 is 1.28 bits per heavy atom. The summed E-state index contributed by atoms with van der Waals surface area (Å²) in [5, 5.41) is 3.46. The van der Waals surface area contributed by atoms with E-state index in [4.69, 9.17) is 0 Å². The molecule has 0 bridgehead atoms. The summed E-state index contributed by atoms with van der Waals surface area (Å²) in [5.74, 6) is 1.07. The van der Waals surface area contributed by atoms with Crippen LogP contribution in [0.5, 0.6) is 0 Å². The van der Waals surface area contributed by atoms with E-state index in [1.807, 2.05) is 36.0 Å². The molecule has 0 aliphatic heterocycles. The summed E-state index contributed by atoms with van der Waals surface area (Å²) in [6, 6.07) is 8.25. The molecule has 0 saturated carbocycles. The standard InChI is InChI=1S/C14H23NOS2/c1-11(10-17-14(2,3)4)15-12-6-8-13(9-7-12)18(5)16/h6-9,11,15H,10H2,1-5H3/t11-,18+/m0/s1. The summed E-state index contributed by atoms with van der Waals surface area (Å²) in [6.07, 6.45) is 1.70. The highest BCUT2D eigenvalue weighted by molar-refractivity contribution is 8.00. The first kappa shape index (κ1) is 15.6. The predicted octanol–water partition coefficient (Wildman–Crippen LogP) is 3.76. The summed E-state index contributed by atoms with van der Waals surface area (Å²) >= 11 is 1.96. The van der Waals surface area contributed by atoms with E-state index in [1.165, 1.54) is 0 Å². The van der Waals surface area contributed by atoms with Crippen LogP contribution < -0.4 is 5.32 Å². The molecule has 1 N–H and O–H groups in total. The van der Waals surface area contributed by atoms with Crippen molar-refractivity contribution in [2.75, 3.05) is 17.3 Å². The second kappa shape index (κ2) is 6.62. The van der Waals surface area contributed by atoms with Crippen molar-refractivity contribution in [1.29, 1.82) is 0 Å². The predicted molar refractivity (Wildman–Crippen MR) is 84.1 cm³/mol. The quantitative estimate of drug-likeness (QED) is 0.893. The molecule has 0 aromatic heterocycles. The molecule has 0 unspecified atom stereocenters. The molecule has 2 atom stereocenters. The molecule has 4 heteroatoms. The van der Waals surface area contributed by atoms with Crippen LogP contribution in [0.25, 0.3) is 0 Å². The second-order valence-corrected chi connectivity index (χ2v) is 8.67. The van der Waals surface area contributed by atoms with Crippen molar-refractivity contribution in [3.8, 4) is 0 Å². The second-order valence-electron chi connectivity index (χ2n) is 5.45. The van der Waals surface area contributed by atoms with Crippen LogP contribution in [0.1, 0.15) is 27.7 Å². The third-order valence-electron chi connectivity index (χ3n) is 2.37. The van der Waals surface area contributed by atoms with Gasteiger partial charge in [-0.15, -0.1) is 0 Å². The average Bonchev–Trinajstić information content (AvgIpc) is 2.26. The first-order valence-corrected chi connectivity index (χ1v) is 8.66. The van der Waals surface area contributed by atoms with Crippen LogP contribution in [0.3, 0.4) is 0 Å². The number of hydrogen-bond donors (Lipinski definition) is 1. The fourth-order valence-electron chi connectivity index (χ4n) is 1.44. The molecule has 0 aliphatic rings. The van der Waals surface area contributed by atoms with Crippen molar-refractivity contribution >= 4 is 28.2 Å². The van der Waals surface area contributed by atoms with E-state index >= 15 is 0 Å². The smallest absolute Gasteiger partial charge is 0.0498 e. The molecule has 0 saturated heterocycles. The van der Waals surface area contributed by atoms with Gasteiger partial charge in [-0.05, 0) is 31.2 Å². The number of benzene rings is 1. The molecule has 0 amide bonds. The third-order valence-corrected chi connectivity index (χ3v) is 4.83. The van der Waals surface area contributed by atoms with Gasteiger partial charge < -0.3 is 5.32 Å². The number of rotatable bonds is 5. The molecule has 2 nitrogen and oxygen atoms in total. The number of hydrogen-bond acceptors (Lipinski definition) is 3. The van der Waals surface area contributed by atoms with Gasteiger partial charge in [0.05, 0.1) is 0 Å². The first-order chi connectivity index (χ1) is 8.28. The fraction of sp³-hybridized carbons (Fsp3) is 0.571. The maximum atomic E-state index is 11.3. The SMILES string of the molecule is C[C@@H](CSC(C)(C)C)Nc1ccc([S@@](C)=O)cc1. The van der Waals surface area contributed by atoms with E-state index in [0.717, 1.165) is 16.3 Å². The zero-order valence-corrected chi connectivity index (χ0v) is 13.5. The Balaban J connectivity index is 2.49. The fourth-order valence-corrected chi connectivity index (χ4v) is 2.80. The summed E-state index contributed by atoms with van der Waals surface area (Å²) in [6.45, 7) is 8.88. The number of nitrogens with one attached hydrogen (secondary N) is 1. The van der Waals surface area contributed by atoms with Gasteiger partial charge in [-0.3, -0.25) is 4.21 Å². The van der Waals surface area contributed by atoms with Crippen molar-refractivity contribution in [3.05, 3.63) is 24.3 Å². The van der Waals surface area contributed by atoms with Gasteiger partial charge in [-0.1, -0.05) is 20.8 Å². The van der Waals surface area contributed by atoms with E-state index in [9.17, 15) is 4.21 Å². The molecule has 0 aliphatic carbocycles. The van der Waals surface area contributed by atoms with Crippen molar-refractivity contribution in [1.82, 2.24) is 0 Å². The molecule has 18 heavy (non-hydrogen) atoms. The van der Waals surface area contributed by atoms with Crippen LogP contribution in [-0.4, -0.2) is 27.0 Å². The van der Waals surface area contributed by atoms with Crippen LogP contribution in [0.15, 0.2) is 29.2 Å². The summed E-state index contributed by atoms with van der Waals surface area (Å²) in [4.78, 5) is 0.872. The molecule has 0 heterocycles. The zero-order valence-electron chi connectivity index (χ0n) is 11.8. The molecule has 102 valence electrons. The van der Waals surface area contributed by atoms with Gasteiger partial charge in [0.15, 0.2) is 0 Å². The van der Waals surface area contributed by atoms with E-state index < -0.39 is 10.8 Å². The molecular formula is C14H23NOS2. The summed E-state index contributed by atoms with van der Waals surface area (Å²) < 4.78 is 11.6. The molecule has 1 rings (SSSR count). The van der Waals surface area contributed by atoms with Gasteiger partial charge in [-0.2, -0.15) is 11.8 Å². The van der Waals surface area contributed by atoms with Gasteiger partial charge in [0.25, 0.3) is 0 Å². The van der Waals surface area contributed by atoms with Crippen LogP contribution in [-0.2, 0) is 10.8 Å². The van der Waals surface area contributed by atoms with Crippen molar-refractivity contribution in [3.63, 3.8) is 0 Å². The Kier molecular flexibility index (Phi) is 5.73. The Labute approximate surface area is 117 Å². The highest BCUT2D eigenvalue weighted by atomic mass is 32.2. The normalized spacial score (nSPS) is 15.2. The molecular weight excluding hydrogens is 262 g/mol. The molecule has 0 spiro atoms. The largest absolute Gasteiger partial charge is 0.382 e. The van der Waals surface area contributed by atoms with Crippen LogP contribution in [0.4, 0.5) is 5.69 Å². The highest BCUT2D eigenvalue weighted by Gasteiger charge is 2.12. The summed E-state index contributed by atoms with van der Waals surface area (Å²) in [7, 11) is -0.897. The maximum Gasteiger partial charge on any atom is 0.0498 e. The van der Waals surface area contributed by atoms with E-state index in [-0.39, 0.29) is 0 Å². The zero-order chi connectivity index (χ0) is 13.8. The van der Waals surface area contributed by atoms with Gasteiger partial charge in [0.2, 0.25) is 0 Å². The Morgan fingerprint density at radius 3 is 2.28 bits per heavy atom. The Bertz CT molecular complexity index is 395. The minimum Gasteiger partial charge on any atom is -0.382 e. The lowest BCUT2D eigenvalue weighted by Gasteiger charge is -2.22. The maximum absolute atomic E-state index is 11.3. The van der Waals surface area contributed by atoms with Crippen LogP contribution >= 0.6 is 11.8 Å². The van der Waals surface area contributed by atoms with E-state index in [0.29, 0.717) is 10.8 Å². The Morgan fingerprint density at radius 2 is 1.83 bits per heavy atom. The summed E-state index contributed by atoms with van der Waals surface area (Å²) in [5.41, 5.74) is 1.09. The molecule has 1 aromatic carbocycles. The van der Waals surface area contributed by atoms with Crippen LogP contribution in [0, 0.1) is 0 Å². The lowest BCUT2D eigenvalue weighted by Crippen LogP contribution is -2.21. The Hall–Kier alpha value is -0.480. The number of thioether (sulfide) groups is 1. The van der Waals surface area contributed by atoms with E-state index in [1.54, 1.807) is 6.26 Å². The average molecular weight is 285 g/mol. The lowest BCUT2D eigenvalue weighted by atomic mass is 10.3. The molecule has 0 fully saturated rings. The lowest BCUT2D eigenvalue weighted by molar-refractivity contribution is 0.687. The van der Waals surface area contributed by atoms with Crippen molar-refractivity contribution in [2.24, 2.45) is 0 Å². The first-order valence-electron chi connectivity index (χ1n) is 6.12. The molecule has 0 radical (unpaired) electrons. The highest BCUT2D eigenvalue weighted by Crippen LogP contribution is 2.24. The van der Waals surface area contributed by atoms with Gasteiger partial charge >= 0.3 is 0 Å².